The van der Waals surface area contributed by atoms with Crippen LogP contribution in [0.5, 0.6) is 0 Å². The molecule has 2 aromatic rings. The monoisotopic (exact) mass is 1900 g/mol. The van der Waals surface area contributed by atoms with Crippen LogP contribution in [0.3, 0.4) is 0 Å². The molecular weight excluding hydrogens is 1770 g/mol. The molecule has 1 aromatic carbocycles. The number of amides is 15. The average molecular weight is 1900 g/mol. The molecule has 0 saturated carbocycles. The number of H-pyrrole nitrogens is 1. The van der Waals surface area contributed by atoms with E-state index < -0.39 is 191 Å². The minimum absolute atomic E-state index is 0.0154. The van der Waals surface area contributed by atoms with Gasteiger partial charge in [-0.15, -0.1) is 0 Å². The second-order valence-corrected chi connectivity index (χ2v) is 36.2. The summed E-state index contributed by atoms with van der Waals surface area (Å²) >= 11 is 0. The molecule has 5 saturated heterocycles. The number of hydrogen-bond donors (Lipinski definition) is 20. The Kier molecular flexibility index (Phi) is 46.5. The van der Waals surface area contributed by atoms with Gasteiger partial charge in [-0.2, -0.15) is 0 Å². The number of aromatic nitrogens is 2. The van der Waals surface area contributed by atoms with Crippen molar-refractivity contribution in [2.45, 2.75) is 247 Å². The first kappa shape index (κ1) is 108. The number of aromatic amines is 1. The van der Waals surface area contributed by atoms with Gasteiger partial charge in [0.2, 0.25) is 88.6 Å². The Morgan fingerprint density at radius 2 is 1.35 bits per heavy atom. The summed E-state index contributed by atoms with van der Waals surface area (Å²) in [6.07, 6.45) is 6.41. The molecule has 133 heavy (non-hydrogen) atoms. The number of nitrogens with two attached hydrogens (primary N) is 2. The van der Waals surface area contributed by atoms with Gasteiger partial charge in [0, 0.05) is 120 Å². The Hall–Kier alpha value is -12.1. The van der Waals surface area contributed by atoms with E-state index in [4.69, 9.17) is 37.3 Å². The maximum absolute atomic E-state index is 15.6. The van der Waals surface area contributed by atoms with Gasteiger partial charge in [0.05, 0.1) is 25.5 Å². The highest BCUT2D eigenvalue weighted by atomic mass is 33.1. The van der Waals surface area contributed by atoms with Crippen molar-refractivity contribution >= 4 is 134 Å². The van der Waals surface area contributed by atoms with Crippen LogP contribution in [0.1, 0.15) is 167 Å². The van der Waals surface area contributed by atoms with Gasteiger partial charge in [0.15, 0.2) is 11.9 Å². The Morgan fingerprint density at radius 1 is 0.684 bits per heavy atom. The van der Waals surface area contributed by atoms with Crippen LogP contribution < -0.4 is 85.9 Å². The molecule has 6 heterocycles. The number of carbonyl (C=O) groups excluding carboxylic acids is 16. The number of rotatable bonds is 46. The number of carboxylic acids is 1. The van der Waals surface area contributed by atoms with Crippen LogP contribution in [0, 0.1) is 16.7 Å². The molecule has 0 radical (unpaired) electrons. The molecule has 49 heteroatoms. The quantitative estimate of drug-likeness (QED) is 0.00460. The zero-order chi connectivity index (χ0) is 96.9. The van der Waals surface area contributed by atoms with Crippen LogP contribution in [0.25, 0.3) is 10.4 Å². The number of hydrogen-bond acceptors (Lipinski definition) is 26. The molecule has 5 aliphatic rings. The van der Waals surface area contributed by atoms with E-state index >= 15 is 19.2 Å². The van der Waals surface area contributed by atoms with E-state index in [-0.39, 0.29) is 204 Å². The van der Waals surface area contributed by atoms with Crippen molar-refractivity contribution in [2.75, 3.05) is 104 Å². The highest BCUT2D eigenvalue weighted by Crippen LogP contribution is 2.27. The molecule has 734 valence electrons. The first-order chi connectivity index (χ1) is 63.7. The predicted molar refractivity (Wildman–Crippen MR) is 487 cm³/mol. The molecule has 13 atom stereocenters. The third-order valence-electron chi connectivity index (χ3n) is 22.9. The second-order valence-electron chi connectivity index (χ2n) is 33.7. The van der Waals surface area contributed by atoms with E-state index in [2.05, 4.69) is 94.4 Å². The third-order valence-corrected chi connectivity index (χ3v) is 25.3. The maximum atomic E-state index is 15.6. The molecule has 22 N–H and O–H groups in total. The molecule has 0 spiro atoms. The largest absolute Gasteiger partial charge is 0.480 e. The summed E-state index contributed by atoms with van der Waals surface area (Å²) in [4.78, 5) is 258. The first-order valence-electron chi connectivity index (χ1n) is 45.2. The summed E-state index contributed by atoms with van der Waals surface area (Å²) in [6, 6.07) is -9.06. The SMILES string of the molecule is CCCC[C@@H]1NC(=O)[C@@H]2CCCN2C(=O)CNC(=O)[C@H](CCCCNC(=O)CN2CCN(C(=O)CCCCCN=[N+]=[N-])CC2COC(=O)COC)NC(=O)[C@H](Cc2cnc[nH]2)NC(=O)[C@@H](NC(=O)[C@H](CC(C)C)NC(=O)[C@H](CCCNC(=N)N)NC(=O)[C@@H]2CCCN2C(=O)[C@H](CCCNC(=N)N)NC(=O)[C@@H]2CCC(=O)N2)CSSC[C@@H](C(=O)N[C@@H](Cc2ccccc2)C(=O)O)NC1=O. The Morgan fingerprint density at radius 3 is 2.02 bits per heavy atom. The zero-order valence-corrected chi connectivity index (χ0v) is 77.4. The van der Waals surface area contributed by atoms with Crippen molar-refractivity contribution in [3.63, 3.8) is 0 Å². The number of esters is 1. The van der Waals surface area contributed by atoms with Crippen molar-refractivity contribution in [3.8, 4) is 0 Å². The fraction of sp³-hybridized carbons (Fsp3) is 0.667. The molecule has 5 fully saturated rings. The van der Waals surface area contributed by atoms with Crippen LogP contribution in [0.2, 0.25) is 0 Å². The third kappa shape index (κ3) is 37.5. The van der Waals surface area contributed by atoms with Gasteiger partial charge in [-0.3, -0.25) is 87.6 Å². The fourth-order valence-corrected chi connectivity index (χ4v) is 18.1. The van der Waals surface area contributed by atoms with Crippen LogP contribution in [0.15, 0.2) is 48.0 Å². The summed E-state index contributed by atoms with van der Waals surface area (Å²) < 4.78 is 10.4. The maximum Gasteiger partial charge on any atom is 0.332 e. The van der Waals surface area contributed by atoms with Crippen LogP contribution in [-0.4, -0.2) is 330 Å². The van der Waals surface area contributed by atoms with Crippen molar-refractivity contribution in [1.82, 2.24) is 104 Å². The molecule has 1 aromatic heterocycles. The summed E-state index contributed by atoms with van der Waals surface area (Å²) in [5.74, 6) is -15.1. The molecule has 47 nitrogen and oxygen atoms in total. The lowest BCUT2D eigenvalue weighted by atomic mass is 10.0. The number of aliphatic carboxylic acids is 1. The number of fused-ring (bicyclic) bond motifs is 1. The number of imidazole rings is 1. The normalized spacial score (nSPS) is 21.6. The van der Waals surface area contributed by atoms with Crippen LogP contribution >= 0.6 is 21.6 Å². The molecule has 0 bridgehead atoms. The van der Waals surface area contributed by atoms with Gasteiger partial charge in [-0.05, 0) is 120 Å². The topological polar surface area (TPSA) is 687 Å². The lowest BCUT2D eigenvalue weighted by Gasteiger charge is -2.40. The summed E-state index contributed by atoms with van der Waals surface area (Å²) in [6.45, 7) is 5.16. The smallest absolute Gasteiger partial charge is 0.332 e. The number of carbonyl (C=O) groups is 17. The number of carboxylic acid groups (broad SMARTS) is 1. The lowest BCUT2D eigenvalue weighted by Crippen LogP contribution is -2.61. The van der Waals surface area contributed by atoms with E-state index in [0.29, 0.717) is 57.1 Å². The summed E-state index contributed by atoms with van der Waals surface area (Å²) in [5.41, 5.74) is 20.6. The Balaban J connectivity index is 1.19. The molecule has 7 rings (SSSR count). The van der Waals surface area contributed by atoms with Crippen molar-refractivity contribution in [3.05, 3.63) is 64.6 Å². The number of unbranched alkanes of at least 4 members (excludes halogenated alkanes) is 4. The summed E-state index contributed by atoms with van der Waals surface area (Å²) in [7, 11) is 3.09. The number of likely N-dealkylation sites (tertiary alicyclic amines) is 1. The van der Waals surface area contributed by atoms with E-state index in [1.807, 2.05) is 6.92 Å². The molecule has 1 unspecified atom stereocenters. The predicted octanol–water partition coefficient (Wildman–Crippen LogP) is -2.96. The highest BCUT2D eigenvalue weighted by Gasteiger charge is 2.43. The highest BCUT2D eigenvalue weighted by molar-refractivity contribution is 8.76. The van der Waals surface area contributed by atoms with Gasteiger partial charge < -0.3 is 120 Å². The Bertz CT molecular complexity index is 4340. The average Bonchev–Trinajstić information content (AvgIpc) is 1.70. The van der Waals surface area contributed by atoms with Gasteiger partial charge >= 0.3 is 11.9 Å². The van der Waals surface area contributed by atoms with Crippen molar-refractivity contribution in [2.24, 2.45) is 22.5 Å². The second kappa shape index (κ2) is 57.4. The standard InChI is InChI=1S/C84H131N27O20S2/c1-5-6-21-55-73(119)105-63(78(124)104-61(82(128)129)39-51-19-9-7-10-20-51)48-133-132-47-62(106-75(121)59(38-50(2)3)102-72(118)56(23-15-31-92-83(85)86)100-80(126)65-26-18-35-111(65)81(127)58(24-16-32-93-84(87)88)101-74(120)57-28-29-66(112)97-57)77(123)103-60(40-52-41-90-49-95-52)76(122)98-54(71(117)94-42-69(115)110-34-17-25-64(110)79(125)99-55)22-12-14-30-91-67(113)44-108-36-37-109(43-53(108)45-131-70(116)46-130-4)68(114)27-11-8-13-33-96-107-89/h7,9-10,19-20,41,49-50,53-65H,5-6,8,11-18,21-40,42-48H2,1-4H3,(H,90,95)(H,91,113)(H,94,117)(H,97,112)(H,98,122)(H,99,125)(H,100,126)(H,101,120)(H,102,118)(H,103,123)(H,104,124)(H,105,119)(H,106,121)(H,128,129)(H4,85,86,92)(H4,87,88,93)/t53?,54-,55-,56-,57-,58-,59-,60-,61-,62-,63-,64-,65-/m0/s1. The van der Waals surface area contributed by atoms with E-state index in [1.165, 1.54) is 29.4 Å². The molecule has 0 aliphatic carbocycles. The number of piperazine rings is 1. The number of nitrogens with zero attached hydrogens (tertiary/aromatic N) is 8. The number of azide groups is 1. The van der Waals surface area contributed by atoms with Crippen LogP contribution in [-0.2, 0) is 104 Å². The Labute approximate surface area is 779 Å². The van der Waals surface area contributed by atoms with Crippen molar-refractivity contribution in [1.29, 1.82) is 10.8 Å². The number of benzene rings is 1. The minimum Gasteiger partial charge on any atom is -0.480 e. The number of methoxy groups -OCH3 is 1. The van der Waals surface area contributed by atoms with Crippen LogP contribution in [0.4, 0.5) is 0 Å². The number of guanidine groups is 2. The lowest BCUT2D eigenvalue weighted by molar-refractivity contribution is -0.151. The van der Waals surface area contributed by atoms with E-state index in [0.717, 1.165) is 21.6 Å². The van der Waals surface area contributed by atoms with Gasteiger partial charge in [0.1, 0.15) is 85.7 Å². The van der Waals surface area contributed by atoms with Gasteiger partial charge in [-0.1, -0.05) is 97.1 Å². The number of ether oxygens (including phenoxy) is 2. The first-order valence-corrected chi connectivity index (χ1v) is 47.7. The molecule has 5 aliphatic heterocycles. The van der Waals surface area contributed by atoms with E-state index in [1.54, 1.807) is 54.0 Å². The van der Waals surface area contributed by atoms with Gasteiger partial charge in [-0.25, -0.2) is 14.6 Å². The number of nitrogens with one attached hydrogen (secondary N) is 17. The van der Waals surface area contributed by atoms with Crippen molar-refractivity contribution < 1.29 is 96.1 Å². The van der Waals surface area contributed by atoms with E-state index in [9.17, 15) is 67.4 Å². The summed E-state index contributed by atoms with van der Waals surface area (Å²) in [5, 5.41) is 67.3. The van der Waals surface area contributed by atoms with Gasteiger partial charge in [0.25, 0.3) is 0 Å². The molecule has 15 amide bonds. The molecular formula is C84H131N27O20S2. The minimum atomic E-state index is -1.72. The zero-order valence-electron chi connectivity index (χ0n) is 75.7. The fourth-order valence-electron chi connectivity index (χ4n) is 15.8.